The van der Waals surface area contributed by atoms with E-state index >= 15 is 0 Å². The highest BCUT2D eigenvalue weighted by Gasteiger charge is 2.15. The highest BCUT2D eigenvalue weighted by Crippen LogP contribution is 2.19. The zero-order valence-corrected chi connectivity index (χ0v) is 16.6. The maximum Gasteiger partial charge on any atom is 0.265 e. The van der Waals surface area contributed by atoms with Crippen molar-refractivity contribution in [1.82, 2.24) is 4.57 Å². The molecule has 3 aromatic rings. The lowest BCUT2D eigenvalue weighted by atomic mass is 10.2. The molecular weight excluding hydrogens is 399 g/mol. The van der Waals surface area contributed by atoms with Crippen molar-refractivity contribution < 1.29 is 9.53 Å². The third-order valence-electron chi connectivity index (χ3n) is 4.03. The van der Waals surface area contributed by atoms with E-state index in [0.29, 0.717) is 28.0 Å². The van der Waals surface area contributed by atoms with Crippen LogP contribution in [0.15, 0.2) is 71.7 Å². The summed E-state index contributed by atoms with van der Waals surface area (Å²) in [6, 6.07) is 17.1. The second-order valence-corrected chi connectivity index (χ2v) is 7.03. The van der Waals surface area contributed by atoms with Gasteiger partial charge in [0.15, 0.2) is 6.10 Å². The number of pyridine rings is 1. The number of ether oxygens (including phenoxy) is 1. The second-order valence-electron chi connectivity index (χ2n) is 6.18. The van der Waals surface area contributed by atoms with E-state index in [1.165, 1.54) is 10.6 Å². The summed E-state index contributed by atoms with van der Waals surface area (Å²) in [6.07, 6.45) is 0.831. The first kappa shape index (κ1) is 20.0. The predicted octanol–water partition coefficient (Wildman–Crippen LogP) is 4.61. The number of aromatic nitrogens is 1. The summed E-state index contributed by atoms with van der Waals surface area (Å²) in [7, 11) is 0. The number of hydrogen-bond acceptors (Lipinski definition) is 3. The van der Waals surface area contributed by atoms with E-state index in [9.17, 15) is 9.59 Å². The fourth-order valence-electron chi connectivity index (χ4n) is 2.58. The number of carbonyl (C=O) groups excluding carboxylic acids is 1. The average molecular weight is 417 g/mol. The molecule has 0 saturated heterocycles. The van der Waals surface area contributed by atoms with Crippen LogP contribution >= 0.6 is 23.2 Å². The number of anilines is 1. The number of hydrogen-bond donors (Lipinski definition) is 1. The van der Waals surface area contributed by atoms with Crippen LogP contribution in [-0.4, -0.2) is 16.6 Å². The van der Waals surface area contributed by atoms with Crippen LogP contribution in [0.2, 0.25) is 10.0 Å². The molecule has 0 saturated carbocycles. The van der Waals surface area contributed by atoms with Gasteiger partial charge in [0.1, 0.15) is 5.75 Å². The largest absolute Gasteiger partial charge is 0.481 e. The molecular formula is C21H18Cl2N2O3. The Bertz CT molecular complexity index is 1050. The zero-order chi connectivity index (χ0) is 20.1. The molecule has 0 aliphatic carbocycles. The van der Waals surface area contributed by atoms with E-state index in [2.05, 4.69) is 5.32 Å². The Labute approximate surface area is 172 Å². The number of benzene rings is 2. The summed E-state index contributed by atoms with van der Waals surface area (Å²) in [6.45, 7) is 1.94. The quantitative estimate of drug-likeness (QED) is 0.637. The van der Waals surface area contributed by atoms with Crippen molar-refractivity contribution >= 4 is 34.8 Å². The van der Waals surface area contributed by atoms with E-state index < -0.39 is 6.10 Å². The van der Waals surface area contributed by atoms with Crippen molar-refractivity contribution in [1.29, 1.82) is 0 Å². The molecule has 1 amide bonds. The zero-order valence-electron chi connectivity index (χ0n) is 15.1. The Morgan fingerprint density at radius 2 is 1.89 bits per heavy atom. The monoisotopic (exact) mass is 416 g/mol. The molecule has 144 valence electrons. The van der Waals surface area contributed by atoms with Crippen molar-refractivity contribution in [2.75, 3.05) is 5.32 Å². The number of nitrogens with zero attached hydrogens (tertiary/aromatic N) is 1. The predicted molar refractivity (Wildman–Crippen MR) is 111 cm³/mol. The minimum Gasteiger partial charge on any atom is -0.481 e. The minimum absolute atomic E-state index is 0.193. The standard InChI is InChI=1S/C21H18Cl2N2O3/c1-14(28-18-7-4-6-16(22)11-18)21(27)24-17-9-10-20(26)25(13-17)12-15-5-2-3-8-19(15)23/h2-11,13-14H,12H2,1H3,(H,24,27). The summed E-state index contributed by atoms with van der Waals surface area (Å²) in [5.74, 6) is 0.154. The number of halogens is 2. The van der Waals surface area contributed by atoms with Gasteiger partial charge >= 0.3 is 0 Å². The lowest BCUT2D eigenvalue weighted by Crippen LogP contribution is -2.31. The Kier molecular flexibility index (Phi) is 6.39. The van der Waals surface area contributed by atoms with Gasteiger partial charge in [0, 0.05) is 22.3 Å². The molecule has 1 aromatic heterocycles. The fourth-order valence-corrected chi connectivity index (χ4v) is 2.96. The van der Waals surface area contributed by atoms with Crippen LogP contribution in [0.1, 0.15) is 12.5 Å². The molecule has 0 aliphatic heterocycles. The van der Waals surface area contributed by atoms with E-state index in [1.807, 2.05) is 18.2 Å². The third-order valence-corrected chi connectivity index (χ3v) is 4.63. The van der Waals surface area contributed by atoms with Gasteiger partial charge in [-0.05, 0) is 42.8 Å². The highest BCUT2D eigenvalue weighted by molar-refractivity contribution is 6.31. The van der Waals surface area contributed by atoms with E-state index in [-0.39, 0.29) is 11.5 Å². The summed E-state index contributed by atoms with van der Waals surface area (Å²) >= 11 is 12.1. The molecule has 1 N–H and O–H groups in total. The van der Waals surface area contributed by atoms with Gasteiger partial charge in [-0.1, -0.05) is 47.5 Å². The van der Waals surface area contributed by atoms with Crippen LogP contribution in [0, 0.1) is 0 Å². The van der Waals surface area contributed by atoms with Gasteiger partial charge in [-0.25, -0.2) is 0 Å². The van der Waals surface area contributed by atoms with Crippen molar-refractivity contribution in [3.8, 4) is 5.75 Å². The molecule has 0 aliphatic rings. The maximum absolute atomic E-state index is 12.4. The molecule has 0 fully saturated rings. The Hall–Kier alpha value is -2.76. The van der Waals surface area contributed by atoms with Crippen LogP contribution < -0.4 is 15.6 Å². The average Bonchev–Trinajstić information content (AvgIpc) is 2.66. The van der Waals surface area contributed by atoms with Crippen molar-refractivity contribution in [3.05, 3.63) is 92.8 Å². The van der Waals surface area contributed by atoms with Crippen molar-refractivity contribution in [2.45, 2.75) is 19.6 Å². The van der Waals surface area contributed by atoms with Crippen molar-refractivity contribution in [2.24, 2.45) is 0 Å². The van der Waals surface area contributed by atoms with E-state index in [1.54, 1.807) is 49.5 Å². The minimum atomic E-state index is -0.748. The summed E-state index contributed by atoms with van der Waals surface area (Å²) in [5.41, 5.74) is 1.10. The highest BCUT2D eigenvalue weighted by atomic mass is 35.5. The third kappa shape index (κ3) is 5.15. The molecule has 1 heterocycles. The molecule has 1 atom stereocenters. The molecule has 28 heavy (non-hydrogen) atoms. The SMILES string of the molecule is CC(Oc1cccc(Cl)c1)C(=O)Nc1ccc(=O)n(Cc2ccccc2Cl)c1. The topological polar surface area (TPSA) is 60.3 Å². The van der Waals surface area contributed by atoms with E-state index in [4.69, 9.17) is 27.9 Å². The number of carbonyl (C=O) groups is 1. The van der Waals surface area contributed by atoms with Crippen LogP contribution in [-0.2, 0) is 11.3 Å². The maximum atomic E-state index is 12.4. The molecule has 5 nitrogen and oxygen atoms in total. The van der Waals surface area contributed by atoms with Gasteiger partial charge < -0.3 is 14.6 Å². The van der Waals surface area contributed by atoms with Crippen LogP contribution in [0.3, 0.4) is 0 Å². The lowest BCUT2D eigenvalue weighted by Gasteiger charge is -2.16. The van der Waals surface area contributed by atoms with Gasteiger partial charge in [-0.15, -0.1) is 0 Å². The Morgan fingerprint density at radius 3 is 2.64 bits per heavy atom. The molecule has 1 unspecified atom stereocenters. The summed E-state index contributed by atoms with van der Waals surface area (Å²) < 4.78 is 7.10. The van der Waals surface area contributed by atoms with Crippen LogP contribution in [0.5, 0.6) is 5.75 Å². The summed E-state index contributed by atoms with van der Waals surface area (Å²) in [4.78, 5) is 24.6. The molecule has 3 rings (SSSR count). The van der Waals surface area contributed by atoms with Crippen LogP contribution in [0.4, 0.5) is 5.69 Å². The van der Waals surface area contributed by atoms with Gasteiger partial charge in [-0.2, -0.15) is 0 Å². The van der Waals surface area contributed by atoms with Crippen LogP contribution in [0.25, 0.3) is 0 Å². The molecule has 0 spiro atoms. The second kappa shape index (κ2) is 8.95. The van der Waals surface area contributed by atoms with E-state index in [0.717, 1.165) is 5.56 Å². The summed E-state index contributed by atoms with van der Waals surface area (Å²) in [5, 5.41) is 3.86. The Morgan fingerprint density at radius 1 is 1.11 bits per heavy atom. The lowest BCUT2D eigenvalue weighted by molar-refractivity contribution is -0.122. The molecule has 7 heteroatoms. The van der Waals surface area contributed by atoms with Gasteiger partial charge in [0.25, 0.3) is 11.5 Å². The molecule has 2 aromatic carbocycles. The van der Waals surface area contributed by atoms with Gasteiger partial charge in [-0.3, -0.25) is 9.59 Å². The normalized spacial score (nSPS) is 11.7. The van der Waals surface area contributed by atoms with Crippen molar-refractivity contribution in [3.63, 3.8) is 0 Å². The molecule has 0 bridgehead atoms. The number of amides is 1. The molecule has 0 radical (unpaired) electrons. The Balaban J connectivity index is 1.71. The number of rotatable bonds is 6. The first-order valence-electron chi connectivity index (χ1n) is 8.59. The number of nitrogens with one attached hydrogen (secondary N) is 1. The first-order valence-corrected chi connectivity index (χ1v) is 9.35. The van der Waals surface area contributed by atoms with Gasteiger partial charge in [0.05, 0.1) is 12.2 Å². The van der Waals surface area contributed by atoms with Gasteiger partial charge in [0.2, 0.25) is 0 Å². The fraction of sp³-hybridized carbons (Fsp3) is 0.143. The smallest absolute Gasteiger partial charge is 0.265 e. The first-order chi connectivity index (χ1) is 13.4.